The quantitative estimate of drug-likeness (QED) is 0.324. The molecule has 3 atom stereocenters. The molecular weight excluding hydrogens is 364 g/mol. The lowest BCUT2D eigenvalue weighted by Gasteiger charge is -2.52. The van der Waals surface area contributed by atoms with E-state index in [0.29, 0.717) is 0 Å². The van der Waals surface area contributed by atoms with Crippen molar-refractivity contribution in [1.82, 2.24) is 0 Å². The van der Waals surface area contributed by atoms with Crippen molar-refractivity contribution < 1.29 is 48.0 Å². The number of rotatable bonds is 4. The molecule has 0 heterocycles. The standard InChI is InChI=1S/C17H20O10/c1-24-12(20)8-5-16(14(22)26-3)7-17(10(8)18,15(23)27-4)6-9(11(16)19)13(21)25-2/h8,19H,5-7H2,1-4H3/p-1. The summed E-state index contributed by atoms with van der Waals surface area (Å²) >= 11 is 0. The fourth-order valence-corrected chi connectivity index (χ4v) is 3.95. The van der Waals surface area contributed by atoms with Crippen molar-refractivity contribution in [3.63, 3.8) is 0 Å². The largest absolute Gasteiger partial charge is 0.874 e. The molecule has 0 aromatic carbocycles. The third-order valence-corrected chi connectivity index (χ3v) is 5.20. The van der Waals surface area contributed by atoms with Crippen LogP contribution in [0.4, 0.5) is 0 Å². The molecule has 0 spiro atoms. The number of esters is 4. The Morgan fingerprint density at radius 1 is 0.926 bits per heavy atom. The van der Waals surface area contributed by atoms with Crippen LogP contribution in [0.3, 0.4) is 0 Å². The van der Waals surface area contributed by atoms with E-state index in [4.69, 9.17) is 9.47 Å². The SMILES string of the molecule is COC(=O)C1=C([O-])C2(C(=O)OC)CC(C(=O)OC)C(=O)C(C(=O)OC)(C1)C2. The molecule has 0 amide bonds. The minimum atomic E-state index is -2.09. The van der Waals surface area contributed by atoms with Gasteiger partial charge in [0.15, 0.2) is 5.78 Å². The molecule has 3 unspecified atom stereocenters. The first-order chi connectivity index (χ1) is 12.6. The normalized spacial score (nSPS) is 29.6. The maximum absolute atomic E-state index is 13.0. The highest BCUT2D eigenvalue weighted by Crippen LogP contribution is 2.57. The molecule has 27 heavy (non-hydrogen) atoms. The van der Waals surface area contributed by atoms with E-state index in [1.807, 2.05) is 0 Å². The average Bonchev–Trinajstić information content (AvgIpc) is 2.69. The maximum Gasteiger partial charge on any atom is 0.332 e. The summed E-state index contributed by atoms with van der Waals surface area (Å²) in [6.07, 6.45) is -1.79. The second-order valence-electron chi connectivity index (χ2n) is 6.44. The van der Waals surface area contributed by atoms with Crippen LogP contribution in [-0.4, -0.2) is 58.1 Å². The van der Waals surface area contributed by atoms with Crippen LogP contribution in [0.2, 0.25) is 0 Å². The van der Waals surface area contributed by atoms with Crippen LogP contribution in [0.25, 0.3) is 0 Å². The summed E-state index contributed by atoms with van der Waals surface area (Å²) in [4.78, 5) is 62.4. The summed E-state index contributed by atoms with van der Waals surface area (Å²) in [5, 5.41) is 13.0. The van der Waals surface area contributed by atoms with Gasteiger partial charge in [0.25, 0.3) is 0 Å². The first-order valence-electron chi connectivity index (χ1n) is 7.93. The Morgan fingerprint density at radius 3 is 1.96 bits per heavy atom. The first-order valence-corrected chi connectivity index (χ1v) is 7.93. The second-order valence-corrected chi connectivity index (χ2v) is 6.44. The van der Waals surface area contributed by atoms with Gasteiger partial charge in [-0.2, -0.15) is 0 Å². The lowest BCUT2D eigenvalue weighted by atomic mass is 9.51. The number of hydrogen-bond donors (Lipinski definition) is 0. The maximum atomic E-state index is 13.0. The highest BCUT2D eigenvalue weighted by atomic mass is 16.5. The number of carbonyl (C=O) groups excluding carboxylic acids is 5. The predicted molar refractivity (Wildman–Crippen MR) is 82.3 cm³/mol. The highest BCUT2D eigenvalue weighted by Gasteiger charge is 2.66. The smallest absolute Gasteiger partial charge is 0.332 e. The summed E-state index contributed by atoms with van der Waals surface area (Å²) < 4.78 is 18.6. The van der Waals surface area contributed by atoms with Crippen LogP contribution in [0.1, 0.15) is 19.3 Å². The minimum Gasteiger partial charge on any atom is -0.874 e. The number of hydrogen-bond acceptors (Lipinski definition) is 10. The van der Waals surface area contributed by atoms with Crippen LogP contribution < -0.4 is 5.11 Å². The fourth-order valence-electron chi connectivity index (χ4n) is 3.95. The van der Waals surface area contributed by atoms with Gasteiger partial charge in [-0.05, 0) is 12.8 Å². The van der Waals surface area contributed by atoms with Gasteiger partial charge >= 0.3 is 23.9 Å². The zero-order valence-corrected chi connectivity index (χ0v) is 15.3. The summed E-state index contributed by atoms with van der Waals surface area (Å²) in [6, 6.07) is 0. The van der Waals surface area contributed by atoms with Gasteiger partial charge in [0.2, 0.25) is 0 Å². The number of methoxy groups -OCH3 is 4. The van der Waals surface area contributed by atoms with Crippen molar-refractivity contribution in [2.75, 3.05) is 28.4 Å². The molecule has 1 fully saturated rings. The Balaban J connectivity index is 2.83. The number of carbonyl (C=O) groups is 5. The molecule has 0 aliphatic heterocycles. The number of ether oxygens (including phenoxy) is 4. The van der Waals surface area contributed by atoms with Crippen LogP contribution in [0, 0.1) is 16.7 Å². The number of Topliss-reactive ketones (excluding diaryl/α,β-unsaturated/α-hetero) is 1. The van der Waals surface area contributed by atoms with Gasteiger partial charge in [0.1, 0.15) is 11.3 Å². The third kappa shape index (κ3) is 2.75. The molecule has 0 radical (unpaired) electrons. The van der Waals surface area contributed by atoms with Crippen molar-refractivity contribution in [3.05, 3.63) is 11.3 Å². The first kappa shape index (κ1) is 20.4. The van der Waals surface area contributed by atoms with Gasteiger partial charge in [-0.3, -0.25) is 19.2 Å². The molecular formula is C17H19O10-. The summed E-state index contributed by atoms with van der Waals surface area (Å²) in [7, 11) is 4.07. The average molecular weight is 383 g/mol. The zero-order valence-electron chi connectivity index (χ0n) is 15.3. The van der Waals surface area contributed by atoms with Crippen LogP contribution in [-0.2, 0) is 42.9 Å². The van der Waals surface area contributed by atoms with E-state index in [1.54, 1.807) is 0 Å². The van der Waals surface area contributed by atoms with Gasteiger partial charge in [0, 0.05) is 12.0 Å². The van der Waals surface area contributed by atoms with Gasteiger partial charge in [-0.1, -0.05) is 0 Å². The minimum absolute atomic E-state index is 0.531. The van der Waals surface area contributed by atoms with Crippen molar-refractivity contribution in [2.45, 2.75) is 19.3 Å². The topological polar surface area (TPSA) is 145 Å². The molecule has 2 rings (SSSR count). The van der Waals surface area contributed by atoms with Crippen LogP contribution in [0.15, 0.2) is 11.3 Å². The Hall–Kier alpha value is -2.91. The molecule has 2 bridgehead atoms. The van der Waals surface area contributed by atoms with E-state index >= 15 is 0 Å². The molecule has 10 heteroatoms. The van der Waals surface area contributed by atoms with Crippen molar-refractivity contribution >= 4 is 29.7 Å². The molecule has 1 saturated carbocycles. The van der Waals surface area contributed by atoms with Gasteiger partial charge in [-0.15, -0.1) is 5.76 Å². The van der Waals surface area contributed by atoms with E-state index in [2.05, 4.69) is 9.47 Å². The molecule has 2 aliphatic carbocycles. The van der Waals surface area contributed by atoms with E-state index in [-0.39, 0.29) is 0 Å². The number of ketones is 1. The Bertz CT molecular complexity index is 751. The lowest BCUT2D eigenvalue weighted by Crippen LogP contribution is -2.61. The van der Waals surface area contributed by atoms with Gasteiger partial charge < -0.3 is 24.1 Å². The van der Waals surface area contributed by atoms with Gasteiger partial charge in [0.05, 0.1) is 33.9 Å². The Labute approximate surface area is 154 Å². The van der Waals surface area contributed by atoms with Crippen molar-refractivity contribution in [2.24, 2.45) is 16.7 Å². The molecule has 0 saturated heterocycles. The zero-order chi connectivity index (χ0) is 20.6. The Kier molecular flexibility index (Phi) is 5.30. The number of fused-ring (bicyclic) bond motifs is 2. The molecule has 2 aliphatic rings. The van der Waals surface area contributed by atoms with E-state index < -0.39 is 77.0 Å². The van der Waals surface area contributed by atoms with Crippen molar-refractivity contribution in [3.8, 4) is 0 Å². The molecule has 148 valence electrons. The van der Waals surface area contributed by atoms with Crippen LogP contribution in [0.5, 0.6) is 0 Å². The molecule has 0 aromatic rings. The van der Waals surface area contributed by atoms with E-state index in [9.17, 15) is 29.1 Å². The second kappa shape index (κ2) is 7.01. The predicted octanol–water partition coefficient (Wildman–Crippen LogP) is -1.35. The third-order valence-electron chi connectivity index (χ3n) is 5.20. The van der Waals surface area contributed by atoms with E-state index in [0.717, 1.165) is 28.4 Å². The summed E-state index contributed by atoms with van der Waals surface area (Å²) in [6.45, 7) is 0. The summed E-state index contributed by atoms with van der Waals surface area (Å²) in [5.41, 5.74) is -4.70. The Morgan fingerprint density at radius 2 is 1.48 bits per heavy atom. The lowest BCUT2D eigenvalue weighted by molar-refractivity contribution is -0.332. The van der Waals surface area contributed by atoms with Gasteiger partial charge in [-0.25, -0.2) is 4.79 Å². The fraction of sp³-hybridized carbons (Fsp3) is 0.588. The highest BCUT2D eigenvalue weighted by molar-refractivity contribution is 6.15. The molecule has 10 nitrogen and oxygen atoms in total. The monoisotopic (exact) mass is 383 g/mol. The summed E-state index contributed by atoms with van der Waals surface area (Å²) in [5.74, 6) is -7.60. The molecule has 0 aromatic heterocycles. The van der Waals surface area contributed by atoms with Crippen LogP contribution >= 0.6 is 0 Å². The van der Waals surface area contributed by atoms with Crippen molar-refractivity contribution in [1.29, 1.82) is 0 Å². The van der Waals surface area contributed by atoms with E-state index in [1.165, 1.54) is 0 Å². The molecule has 0 N–H and O–H groups in total.